The molecule has 0 saturated carbocycles. The van der Waals surface area contributed by atoms with Gasteiger partial charge in [0.05, 0.1) is 15.5 Å². The summed E-state index contributed by atoms with van der Waals surface area (Å²) in [5, 5.41) is 10.5. The molecule has 1 aromatic carbocycles. The van der Waals surface area contributed by atoms with Gasteiger partial charge in [-0.1, -0.05) is 0 Å². The van der Waals surface area contributed by atoms with E-state index < -0.39 is 31.3 Å². The Morgan fingerprint density at radius 1 is 1.33 bits per heavy atom. The first kappa shape index (κ1) is 15.3. The van der Waals surface area contributed by atoms with Crippen LogP contribution in [0.25, 0.3) is 0 Å². The van der Waals surface area contributed by atoms with Crippen molar-refractivity contribution < 1.29 is 17.7 Å². The standard InChI is InChI=1S/C11H7BrFN3O4S/c12-8-2-1-5-14-11(8)15-21(19,20)10-4-3-7(16(17)18)6-9(10)13/h1-6H,(H,14,15). The molecule has 0 aliphatic rings. The SMILES string of the molecule is O=[N+]([O-])c1ccc(S(=O)(=O)Nc2ncccc2Br)c(F)c1. The summed E-state index contributed by atoms with van der Waals surface area (Å²) in [4.78, 5) is 12.8. The molecule has 1 aromatic heterocycles. The Kier molecular flexibility index (Phi) is 4.19. The summed E-state index contributed by atoms with van der Waals surface area (Å²) in [5.41, 5.74) is -0.537. The number of nitrogens with one attached hydrogen (secondary N) is 1. The van der Waals surface area contributed by atoms with Crippen molar-refractivity contribution in [1.82, 2.24) is 4.98 Å². The van der Waals surface area contributed by atoms with Gasteiger partial charge in [0.15, 0.2) is 11.6 Å². The van der Waals surface area contributed by atoms with Crippen LogP contribution < -0.4 is 4.72 Å². The van der Waals surface area contributed by atoms with E-state index in [0.29, 0.717) is 10.5 Å². The van der Waals surface area contributed by atoms with E-state index in [1.54, 1.807) is 12.1 Å². The molecule has 21 heavy (non-hydrogen) atoms. The second-order valence-electron chi connectivity index (χ2n) is 3.81. The van der Waals surface area contributed by atoms with Gasteiger partial charge in [-0.15, -0.1) is 0 Å². The van der Waals surface area contributed by atoms with Crippen molar-refractivity contribution in [1.29, 1.82) is 0 Å². The van der Waals surface area contributed by atoms with E-state index in [1.807, 2.05) is 0 Å². The Labute approximate surface area is 127 Å². The van der Waals surface area contributed by atoms with Crippen molar-refractivity contribution in [2.24, 2.45) is 0 Å². The number of halogens is 2. The van der Waals surface area contributed by atoms with E-state index >= 15 is 0 Å². The summed E-state index contributed by atoms with van der Waals surface area (Å²) in [6, 6.07) is 5.41. The first-order chi connectivity index (χ1) is 9.81. The van der Waals surface area contributed by atoms with Crippen LogP contribution in [0.5, 0.6) is 0 Å². The largest absolute Gasteiger partial charge is 0.272 e. The first-order valence-corrected chi connectivity index (χ1v) is 7.66. The van der Waals surface area contributed by atoms with Crippen LogP contribution in [0, 0.1) is 15.9 Å². The highest BCUT2D eigenvalue weighted by molar-refractivity contribution is 9.10. The Bertz CT molecular complexity index is 813. The highest BCUT2D eigenvalue weighted by Crippen LogP contribution is 2.25. The minimum absolute atomic E-state index is 0.0183. The second kappa shape index (κ2) is 5.74. The maximum absolute atomic E-state index is 13.8. The summed E-state index contributed by atoms with van der Waals surface area (Å²) in [6.45, 7) is 0. The molecule has 0 atom stereocenters. The molecule has 1 N–H and O–H groups in total. The minimum atomic E-state index is -4.25. The zero-order valence-electron chi connectivity index (χ0n) is 10.2. The number of nitrogens with zero attached hydrogens (tertiary/aromatic N) is 2. The van der Waals surface area contributed by atoms with Gasteiger partial charge in [0.1, 0.15) is 4.90 Å². The number of sulfonamides is 1. The fraction of sp³-hybridized carbons (Fsp3) is 0. The minimum Gasteiger partial charge on any atom is -0.262 e. The topological polar surface area (TPSA) is 102 Å². The van der Waals surface area contributed by atoms with Gasteiger partial charge in [0.25, 0.3) is 15.7 Å². The van der Waals surface area contributed by atoms with Crippen LogP contribution in [-0.2, 0) is 10.0 Å². The van der Waals surface area contributed by atoms with E-state index in [4.69, 9.17) is 0 Å². The molecule has 0 bridgehead atoms. The number of nitro benzene ring substituents is 1. The highest BCUT2D eigenvalue weighted by atomic mass is 79.9. The number of pyridine rings is 1. The Morgan fingerprint density at radius 3 is 2.62 bits per heavy atom. The quantitative estimate of drug-likeness (QED) is 0.653. The monoisotopic (exact) mass is 375 g/mol. The van der Waals surface area contributed by atoms with E-state index in [-0.39, 0.29) is 5.82 Å². The van der Waals surface area contributed by atoms with Gasteiger partial charge in [-0.25, -0.2) is 17.8 Å². The van der Waals surface area contributed by atoms with E-state index in [1.165, 1.54) is 6.20 Å². The second-order valence-corrected chi connectivity index (χ2v) is 6.32. The van der Waals surface area contributed by atoms with Crippen molar-refractivity contribution in [3.05, 3.63) is 56.9 Å². The van der Waals surface area contributed by atoms with Crippen molar-refractivity contribution >= 4 is 37.5 Å². The van der Waals surface area contributed by atoms with Crippen LogP contribution in [0.15, 0.2) is 45.9 Å². The molecule has 0 aliphatic carbocycles. The van der Waals surface area contributed by atoms with Crippen molar-refractivity contribution in [3.63, 3.8) is 0 Å². The third kappa shape index (κ3) is 3.34. The number of non-ortho nitro benzene ring substituents is 1. The zero-order valence-corrected chi connectivity index (χ0v) is 12.6. The maximum Gasteiger partial charge on any atom is 0.272 e. The molecule has 110 valence electrons. The number of anilines is 1. The lowest BCUT2D eigenvalue weighted by molar-refractivity contribution is -0.385. The first-order valence-electron chi connectivity index (χ1n) is 5.38. The maximum atomic E-state index is 13.8. The fourth-order valence-electron chi connectivity index (χ4n) is 1.46. The van der Waals surface area contributed by atoms with Crippen LogP contribution >= 0.6 is 15.9 Å². The third-order valence-corrected chi connectivity index (χ3v) is 4.42. The summed E-state index contributed by atoms with van der Waals surface area (Å²) >= 11 is 3.10. The predicted octanol–water partition coefficient (Wildman–Crippen LogP) is 2.69. The fourth-order valence-corrected chi connectivity index (χ4v) is 3.04. The van der Waals surface area contributed by atoms with Gasteiger partial charge in [0, 0.05) is 12.3 Å². The Balaban J connectivity index is 2.41. The molecule has 0 saturated heterocycles. The average Bonchev–Trinajstić information content (AvgIpc) is 2.40. The Hall–Kier alpha value is -2.07. The third-order valence-electron chi connectivity index (χ3n) is 2.41. The Morgan fingerprint density at radius 2 is 2.05 bits per heavy atom. The molecule has 0 radical (unpaired) electrons. The average molecular weight is 376 g/mol. The highest BCUT2D eigenvalue weighted by Gasteiger charge is 2.22. The number of rotatable bonds is 4. The van der Waals surface area contributed by atoms with Gasteiger partial charge in [-0.05, 0) is 34.1 Å². The summed E-state index contributed by atoms with van der Waals surface area (Å²) in [6.07, 6.45) is 1.36. The number of benzene rings is 1. The molecule has 0 spiro atoms. The number of nitro groups is 1. The van der Waals surface area contributed by atoms with Gasteiger partial charge < -0.3 is 0 Å². The van der Waals surface area contributed by atoms with E-state index in [9.17, 15) is 22.9 Å². The normalized spacial score (nSPS) is 11.1. The van der Waals surface area contributed by atoms with Crippen LogP contribution in [0.4, 0.5) is 15.9 Å². The van der Waals surface area contributed by atoms with Crippen molar-refractivity contribution in [3.8, 4) is 0 Å². The molecule has 0 unspecified atom stereocenters. The van der Waals surface area contributed by atoms with Crippen molar-refractivity contribution in [2.75, 3.05) is 4.72 Å². The van der Waals surface area contributed by atoms with Gasteiger partial charge in [-0.3, -0.25) is 14.8 Å². The van der Waals surface area contributed by atoms with Crippen LogP contribution in [0.1, 0.15) is 0 Å². The molecule has 2 aromatic rings. The van der Waals surface area contributed by atoms with E-state index in [0.717, 1.165) is 12.1 Å². The zero-order chi connectivity index (χ0) is 15.6. The number of aromatic nitrogens is 1. The molecule has 2 rings (SSSR count). The molecule has 7 nitrogen and oxygen atoms in total. The van der Waals surface area contributed by atoms with Crippen LogP contribution in [-0.4, -0.2) is 18.3 Å². The van der Waals surface area contributed by atoms with E-state index in [2.05, 4.69) is 25.6 Å². The molecule has 0 amide bonds. The lowest BCUT2D eigenvalue weighted by Gasteiger charge is -2.09. The molecule has 0 aliphatic heterocycles. The van der Waals surface area contributed by atoms with Gasteiger partial charge >= 0.3 is 0 Å². The molecular formula is C11H7BrFN3O4S. The van der Waals surface area contributed by atoms with Gasteiger partial charge in [-0.2, -0.15) is 0 Å². The summed E-state index contributed by atoms with van der Waals surface area (Å²) < 4.78 is 40.4. The lowest BCUT2D eigenvalue weighted by Crippen LogP contribution is -2.16. The molecule has 0 fully saturated rings. The number of hydrogen-bond donors (Lipinski definition) is 1. The lowest BCUT2D eigenvalue weighted by atomic mass is 10.3. The van der Waals surface area contributed by atoms with Crippen molar-refractivity contribution in [2.45, 2.75) is 4.90 Å². The number of hydrogen-bond acceptors (Lipinski definition) is 5. The van der Waals surface area contributed by atoms with Crippen LogP contribution in [0.2, 0.25) is 0 Å². The molecular weight excluding hydrogens is 369 g/mol. The summed E-state index contributed by atoms with van der Waals surface area (Å²) in [5.74, 6) is -1.24. The summed E-state index contributed by atoms with van der Waals surface area (Å²) in [7, 11) is -4.25. The van der Waals surface area contributed by atoms with Crippen LogP contribution in [0.3, 0.4) is 0 Å². The molecule has 10 heteroatoms. The predicted molar refractivity (Wildman–Crippen MR) is 75.8 cm³/mol. The molecule has 1 heterocycles. The van der Waals surface area contributed by atoms with Gasteiger partial charge in [0.2, 0.25) is 0 Å². The smallest absolute Gasteiger partial charge is 0.262 e.